The average Bonchev–Trinajstić information content (AvgIpc) is 2.44. The number of anilines is 1. The summed E-state index contributed by atoms with van der Waals surface area (Å²) in [5.41, 5.74) is 0.242. The van der Waals surface area contributed by atoms with E-state index in [1.807, 2.05) is 11.6 Å². The van der Waals surface area contributed by atoms with Crippen LogP contribution >= 0.6 is 0 Å². The predicted molar refractivity (Wildman–Crippen MR) is 86.2 cm³/mol. The van der Waals surface area contributed by atoms with Crippen LogP contribution in [0.4, 0.5) is 5.69 Å². The molecule has 0 heterocycles. The smallest absolute Gasteiger partial charge is 0.321 e. The Bertz CT molecular complexity index is 741. The summed E-state index contributed by atoms with van der Waals surface area (Å²) in [6.45, 7) is 3.08. The maximum Gasteiger partial charge on any atom is 0.321 e. The minimum Gasteiger partial charge on any atom is -0.480 e. The molecule has 3 N–H and O–H groups in total. The van der Waals surface area contributed by atoms with Gasteiger partial charge in [0.2, 0.25) is 20.0 Å². The lowest BCUT2D eigenvalue weighted by Gasteiger charge is -2.11. The summed E-state index contributed by atoms with van der Waals surface area (Å²) in [6.07, 6.45) is 1.27. The van der Waals surface area contributed by atoms with E-state index in [1.54, 1.807) is 0 Å². The Kier molecular flexibility index (Phi) is 6.54. The Balaban J connectivity index is 2.86. The highest BCUT2D eigenvalue weighted by Crippen LogP contribution is 2.16. The Morgan fingerprint density at radius 1 is 1.17 bits per heavy atom. The third-order valence-corrected chi connectivity index (χ3v) is 5.84. The Hall–Kier alpha value is -1.65. The SMILES string of the molecule is CCCCS(=O)(=O)Nc1ccc(S(=O)(=O)N[C@@H](C)C(=O)O)cc1. The van der Waals surface area contributed by atoms with Gasteiger partial charge in [-0.1, -0.05) is 13.3 Å². The molecular formula is C13H20N2O6S2. The van der Waals surface area contributed by atoms with Gasteiger partial charge in [0, 0.05) is 5.69 Å². The van der Waals surface area contributed by atoms with E-state index in [0.29, 0.717) is 6.42 Å². The summed E-state index contributed by atoms with van der Waals surface area (Å²) in [4.78, 5) is 10.6. The van der Waals surface area contributed by atoms with Crippen LogP contribution in [0.5, 0.6) is 0 Å². The van der Waals surface area contributed by atoms with Crippen molar-refractivity contribution in [2.45, 2.75) is 37.6 Å². The maximum absolute atomic E-state index is 12.0. The van der Waals surface area contributed by atoms with E-state index < -0.39 is 32.1 Å². The zero-order valence-corrected chi connectivity index (χ0v) is 14.4. The summed E-state index contributed by atoms with van der Waals surface area (Å²) < 4.78 is 51.8. The first-order valence-corrected chi connectivity index (χ1v) is 10.1. The lowest BCUT2D eigenvalue weighted by Crippen LogP contribution is -2.38. The van der Waals surface area contributed by atoms with E-state index in [-0.39, 0.29) is 16.3 Å². The van der Waals surface area contributed by atoms with E-state index >= 15 is 0 Å². The fourth-order valence-electron chi connectivity index (χ4n) is 1.62. The van der Waals surface area contributed by atoms with Gasteiger partial charge in [0.1, 0.15) is 6.04 Å². The van der Waals surface area contributed by atoms with Crippen LogP contribution in [0.1, 0.15) is 26.7 Å². The second-order valence-electron chi connectivity index (χ2n) is 4.98. The molecule has 1 aromatic rings. The molecule has 0 saturated carbocycles. The molecule has 1 aromatic carbocycles. The van der Waals surface area contributed by atoms with Gasteiger partial charge in [-0.2, -0.15) is 4.72 Å². The van der Waals surface area contributed by atoms with Crippen molar-refractivity contribution in [1.29, 1.82) is 0 Å². The molecule has 0 radical (unpaired) electrons. The maximum atomic E-state index is 12.0. The Labute approximate surface area is 136 Å². The number of carbonyl (C=O) groups is 1. The van der Waals surface area contributed by atoms with Gasteiger partial charge in [0.25, 0.3) is 0 Å². The van der Waals surface area contributed by atoms with Crippen molar-refractivity contribution >= 4 is 31.7 Å². The summed E-state index contributed by atoms with van der Waals surface area (Å²) in [5, 5.41) is 8.73. The molecule has 10 heteroatoms. The van der Waals surface area contributed by atoms with Crippen LogP contribution in [-0.2, 0) is 24.8 Å². The number of carboxylic acids is 1. The molecule has 0 amide bonds. The van der Waals surface area contributed by atoms with Crippen LogP contribution in [0.25, 0.3) is 0 Å². The topological polar surface area (TPSA) is 130 Å². The molecule has 0 saturated heterocycles. The van der Waals surface area contributed by atoms with Crippen molar-refractivity contribution in [2.75, 3.05) is 10.5 Å². The van der Waals surface area contributed by atoms with E-state index in [4.69, 9.17) is 5.11 Å². The molecule has 0 bridgehead atoms. The molecule has 0 unspecified atom stereocenters. The first-order valence-electron chi connectivity index (χ1n) is 6.93. The van der Waals surface area contributed by atoms with E-state index in [9.17, 15) is 21.6 Å². The standard InChI is InChI=1S/C13H20N2O6S2/c1-3-4-9-22(18,19)15-11-5-7-12(8-6-11)23(20,21)14-10(2)13(16)17/h5-8,10,14-15H,3-4,9H2,1-2H3,(H,16,17)/t10-/m0/s1. The molecule has 1 atom stereocenters. The van der Waals surface area contributed by atoms with Crippen molar-refractivity contribution in [3.8, 4) is 0 Å². The largest absolute Gasteiger partial charge is 0.480 e. The van der Waals surface area contributed by atoms with Gasteiger partial charge in [-0.3, -0.25) is 9.52 Å². The average molecular weight is 364 g/mol. The van der Waals surface area contributed by atoms with Crippen molar-refractivity contribution in [3.63, 3.8) is 0 Å². The first-order chi connectivity index (χ1) is 10.6. The molecule has 130 valence electrons. The molecule has 0 aromatic heterocycles. The molecule has 0 aliphatic rings. The number of carboxylic acid groups (broad SMARTS) is 1. The zero-order chi connectivity index (χ0) is 17.7. The van der Waals surface area contributed by atoms with E-state index in [1.165, 1.54) is 31.2 Å². The van der Waals surface area contributed by atoms with Crippen LogP contribution < -0.4 is 9.44 Å². The summed E-state index contributed by atoms with van der Waals surface area (Å²) in [5.74, 6) is -1.31. The van der Waals surface area contributed by atoms with Crippen LogP contribution in [0.15, 0.2) is 29.2 Å². The molecule has 0 aliphatic heterocycles. The quantitative estimate of drug-likeness (QED) is 0.599. The predicted octanol–water partition coefficient (Wildman–Crippen LogP) is 0.980. The minimum absolute atomic E-state index is 0.0127. The number of sulfonamides is 2. The molecule has 1 rings (SSSR count). The number of unbranched alkanes of at least 4 members (excludes halogenated alkanes) is 1. The highest BCUT2D eigenvalue weighted by molar-refractivity contribution is 7.92. The molecule has 0 aliphatic carbocycles. The molecule has 8 nitrogen and oxygen atoms in total. The number of rotatable bonds is 9. The molecule has 23 heavy (non-hydrogen) atoms. The summed E-state index contributed by atoms with van der Waals surface area (Å²) in [7, 11) is -7.46. The highest BCUT2D eigenvalue weighted by atomic mass is 32.2. The zero-order valence-electron chi connectivity index (χ0n) is 12.8. The van der Waals surface area contributed by atoms with Crippen molar-refractivity contribution in [3.05, 3.63) is 24.3 Å². The second-order valence-corrected chi connectivity index (χ2v) is 8.54. The number of benzene rings is 1. The summed E-state index contributed by atoms with van der Waals surface area (Å²) in [6, 6.07) is 3.75. The summed E-state index contributed by atoms with van der Waals surface area (Å²) >= 11 is 0. The van der Waals surface area contributed by atoms with Gasteiger partial charge in [0.15, 0.2) is 0 Å². The second kappa shape index (κ2) is 7.75. The van der Waals surface area contributed by atoms with Crippen LogP contribution in [0.2, 0.25) is 0 Å². The fraction of sp³-hybridized carbons (Fsp3) is 0.462. The van der Waals surface area contributed by atoms with Crippen molar-refractivity contribution in [1.82, 2.24) is 4.72 Å². The highest BCUT2D eigenvalue weighted by Gasteiger charge is 2.21. The Morgan fingerprint density at radius 3 is 2.22 bits per heavy atom. The van der Waals surface area contributed by atoms with E-state index in [0.717, 1.165) is 6.42 Å². The van der Waals surface area contributed by atoms with Gasteiger partial charge >= 0.3 is 5.97 Å². The third-order valence-electron chi connectivity index (χ3n) is 2.91. The third kappa shape index (κ3) is 6.16. The molecule has 0 spiro atoms. The minimum atomic E-state index is -3.99. The number of hydrogen-bond acceptors (Lipinski definition) is 5. The van der Waals surface area contributed by atoms with Crippen LogP contribution in [0, 0.1) is 0 Å². The van der Waals surface area contributed by atoms with E-state index in [2.05, 4.69) is 4.72 Å². The van der Waals surface area contributed by atoms with Crippen molar-refractivity contribution < 1.29 is 26.7 Å². The number of hydrogen-bond donors (Lipinski definition) is 3. The monoisotopic (exact) mass is 364 g/mol. The fourth-order valence-corrected chi connectivity index (χ4v) is 4.08. The number of aliphatic carboxylic acids is 1. The van der Waals surface area contributed by atoms with Gasteiger partial charge in [-0.15, -0.1) is 0 Å². The first kappa shape index (κ1) is 19.4. The molecule has 0 fully saturated rings. The normalized spacial score (nSPS) is 13.5. The van der Waals surface area contributed by atoms with Gasteiger partial charge in [0.05, 0.1) is 10.6 Å². The van der Waals surface area contributed by atoms with Crippen LogP contribution in [0.3, 0.4) is 0 Å². The lowest BCUT2D eigenvalue weighted by atomic mass is 10.3. The lowest BCUT2D eigenvalue weighted by molar-refractivity contribution is -0.138. The molecular weight excluding hydrogens is 344 g/mol. The van der Waals surface area contributed by atoms with Gasteiger partial charge in [-0.05, 0) is 37.6 Å². The van der Waals surface area contributed by atoms with Crippen LogP contribution in [-0.4, -0.2) is 39.7 Å². The number of nitrogens with one attached hydrogen (secondary N) is 2. The Morgan fingerprint density at radius 2 is 1.74 bits per heavy atom. The van der Waals surface area contributed by atoms with Crippen molar-refractivity contribution in [2.24, 2.45) is 0 Å². The van der Waals surface area contributed by atoms with Gasteiger partial charge in [-0.25, -0.2) is 16.8 Å². The van der Waals surface area contributed by atoms with Gasteiger partial charge < -0.3 is 5.11 Å².